The molecule has 1 N–H and O–H groups in total. The van der Waals surface area contributed by atoms with Crippen LogP contribution >= 0.6 is 0 Å². The number of ether oxygens (including phenoxy) is 1. The van der Waals surface area contributed by atoms with Gasteiger partial charge in [0.25, 0.3) is 6.47 Å². The molecule has 1 rings (SSSR count). The van der Waals surface area contributed by atoms with E-state index in [2.05, 4.69) is 28.5 Å². The third-order valence-electron chi connectivity index (χ3n) is 3.41. The minimum Gasteiger partial charge on any atom is -0.456 e. The normalized spacial score (nSPS) is 20.6. The van der Waals surface area contributed by atoms with Crippen LogP contribution < -0.4 is 5.32 Å². The van der Waals surface area contributed by atoms with Gasteiger partial charge >= 0.3 is 0 Å². The molecule has 0 aromatic rings. The fourth-order valence-corrected chi connectivity index (χ4v) is 2.32. The summed E-state index contributed by atoms with van der Waals surface area (Å²) in [7, 11) is 3.81. The molecule has 0 unspecified atom stereocenters. The van der Waals surface area contributed by atoms with E-state index in [0.29, 0.717) is 12.3 Å². The quantitative estimate of drug-likeness (QED) is 0.434. The van der Waals surface area contributed by atoms with Crippen molar-refractivity contribution >= 4 is 13.2 Å². The van der Waals surface area contributed by atoms with Crippen LogP contribution in [-0.2, 0) is 9.53 Å². The van der Waals surface area contributed by atoms with Crippen LogP contribution in [0.4, 0.5) is 0 Å². The molecule has 1 aliphatic rings. The van der Waals surface area contributed by atoms with Crippen LogP contribution in [0.15, 0.2) is 29.0 Å². The smallest absolute Gasteiger partial charge is 0.293 e. The lowest BCUT2D eigenvalue weighted by molar-refractivity contribution is -0.143. The lowest BCUT2D eigenvalue weighted by atomic mass is 9.83. The summed E-state index contributed by atoms with van der Waals surface area (Å²) in [5.41, 5.74) is 0.149. The minimum atomic E-state index is -0.643. The van der Waals surface area contributed by atoms with Gasteiger partial charge in [-0.2, -0.15) is 0 Å². The summed E-state index contributed by atoms with van der Waals surface area (Å²) in [6.45, 7) is 9.56. The van der Waals surface area contributed by atoms with Crippen molar-refractivity contribution in [3.63, 3.8) is 0 Å². The van der Waals surface area contributed by atoms with Gasteiger partial charge in [-0.05, 0) is 13.8 Å². The van der Waals surface area contributed by atoms with Crippen molar-refractivity contribution < 1.29 is 9.53 Å². The summed E-state index contributed by atoms with van der Waals surface area (Å²) in [5, 5.41) is 2.96. The number of rotatable bonds is 6. The van der Waals surface area contributed by atoms with Gasteiger partial charge < -0.3 is 15.0 Å². The molecule has 1 heterocycles. The first-order chi connectivity index (χ1) is 8.63. The SMILES string of the molecule is C=C/C(=C(\N=C)NC)C1(OC=O)CCN(C)CC1. The second-order valence-corrected chi connectivity index (χ2v) is 4.39. The van der Waals surface area contributed by atoms with E-state index in [1.165, 1.54) is 0 Å². The first kappa shape index (κ1) is 14.4. The molecule has 0 aromatic heterocycles. The first-order valence-corrected chi connectivity index (χ1v) is 5.95. The molecule has 0 spiro atoms. The van der Waals surface area contributed by atoms with E-state index >= 15 is 0 Å². The van der Waals surface area contributed by atoms with Crippen molar-refractivity contribution in [2.75, 3.05) is 27.2 Å². The molecule has 5 heteroatoms. The van der Waals surface area contributed by atoms with Crippen LogP contribution in [0.3, 0.4) is 0 Å². The Hall–Kier alpha value is -1.62. The topological polar surface area (TPSA) is 53.9 Å². The lowest BCUT2D eigenvalue weighted by Gasteiger charge is -2.40. The highest BCUT2D eigenvalue weighted by Gasteiger charge is 2.39. The molecule has 1 aliphatic heterocycles. The fourth-order valence-electron chi connectivity index (χ4n) is 2.32. The number of hydrogen-bond donors (Lipinski definition) is 1. The number of piperidine rings is 1. The Labute approximate surface area is 108 Å². The molecule has 18 heavy (non-hydrogen) atoms. The van der Waals surface area contributed by atoms with Crippen LogP contribution in [0.1, 0.15) is 12.8 Å². The first-order valence-electron chi connectivity index (χ1n) is 5.95. The van der Waals surface area contributed by atoms with Crippen molar-refractivity contribution in [3.05, 3.63) is 24.0 Å². The van der Waals surface area contributed by atoms with E-state index in [4.69, 9.17) is 4.74 Å². The molecule has 5 nitrogen and oxygen atoms in total. The van der Waals surface area contributed by atoms with Gasteiger partial charge in [0.05, 0.1) is 0 Å². The van der Waals surface area contributed by atoms with Crippen LogP contribution in [0.5, 0.6) is 0 Å². The van der Waals surface area contributed by atoms with E-state index in [-0.39, 0.29) is 0 Å². The van der Waals surface area contributed by atoms with Gasteiger partial charge in [0.2, 0.25) is 0 Å². The fraction of sp³-hybridized carbons (Fsp3) is 0.538. The van der Waals surface area contributed by atoms with Crippen molar-refractivity contribution in [2.45, 2.75) is 18.4 Å². The van der Waals surface area contributed by atoms with Gasteiger partial charge in [0, 0.05) is 38.6 Å². The molecule has 0 bridgehead atoms. The number of carbonyl (C=O) groups is 1. The number of nitrogens with zero attached hydrogens (tertiary/aromatic N) is 2. The standard InChI is InChI=1S/C13H21N3O2/c1-5-11(12(14-2)15-3)13(18-10-17)6-8-16(4)9-7-13/h5,10,15H,1-2,6-9H2,3-4H3/b12-11-. The van der Waals surface area contributed by atoms with E-state index in [1.807, 2.05) is 7.05 Å². The molecular formula is C13H21N3O2. The molecule has 0 aromatic carbocycles. The Kier molecular flexibility index (Phi) is 5.09. The second kappa shape index (κ2) is 6.35. The molecule has 1 saturated heterocycles. The van der Waals surface area contributed by atoms with Crippen LogP contribution in [-0.4, -0.2) is 50.9 Å². The molecule has 1 fully saturated rings. The molecular weight excluding hydrogens is 230 g/mol. The second-order valence-electron chi connectivity index (χ2n) is 4.39. The van der Waals surface area contributed by atoms with E-state index < -0.39 is 5.60 Å². The Bertz CT molecular complexity index is 355. The van der Waals surface area contributed by atoms with Crippen molar-refractivity contribution in [2.24, 2.45) is 4.99 Å². The monoisotopic (exact) mass is 251 g/mol. The van der Waals surface area contributed by atoms with Gasteiger partial charge in [-0.3, -0.25) is 4.79 Å². The van der Waals surface area contributed by atoms with Gasteiger partial charge in [0.15, 0.2) is 0 Å². The summed E-state index contributed by atoms with van der Waals surface area (Å²) in [6, 6.07) is 0. The maximum absolute atomic E-state index is 10.8. The summed E-state index contributed by atoms with van der Waals surface area (Å²) in [4.78, 5) is 17.0. The lowest BCUT2D eigenvalue weighted by Crippen LogP contribution is -2.46. The van der Waals surface area contributed by atoms with Gasteiger partial charge in [0.1, 0.15) is 11.4 Å². The maximum Gasteiger partial charge on any atom is 0.293 e. The van der Waals surface area contributed by atoms with Crippen LogP contribution in [0, 0.1) is 0 Å². The predicted octanol–water partition coefficient (Wildman–Crippen LogP) is 0.941. The van der Waals surface area contributed by atoms with Crippen LogP contribution in [0.2, 0.25) is 0 Å². The predicted molar refractivity (Wildman–Crippen MR) is 72.4 cm³/mol. The zero-order valence-corrected chi connectivity index (χ0v) is 11.1. The van der Waals surface area contributed by atoms with Gasteiger partial charge in [-0.15, -0.1) is 0 Å². The van der Waals surface area contributed by atoms with Gasteiger partial charge in [-0.1, -0.05) is 12.7 Å². The molecule has 0 saturated carbocycles. The Morgan fingerprint density at radius 2 is 2.11 bits per heavy atom. The Morgan fingerprint density at radius 1 is 1.50 bits per heavy atom. The minimum absolute atomic E-state index is 0.505. The highest BCUT2D eigenvalue weighted by molar-refractivity contribution is 5.45. The summed E-state index contributed by atoms with van der Waals surface area (Å²) >= 11 is 0. The van der Waals surface area contributed by atoms with Gasteiger partial charge in [-0.25, -0.2) is 4.99 Å². The van der Waals surface area contributed by atoms with E-state index in [1.54, 1.807) is 13.1 Å². The number of hydrogen-bond acceptors (Lipinski definition) is 5. The average molecular weight is 251 g/mol. The third kappa shape index (κ3) is 2.79. The number of carbonyl (C=O) groups excluding carboxylic acids is 1. The third-order valence-corrected chi connectivity index (χ3v) is 3.41. The number of aliphatic imine (C=N–C) groups is 1. The zero-order chi connectivity index (χ0) is 13.6. The highest BCUT2D eigenvalue weighted by atomic mass is 16.5. The summed E-state index contributed by atoms with van der Waals surface area (Å²) < 4.78 is 5.39. The highest BCUT2D eigenvalue weighted by Crippen LogP contribution is 2.34. The number of nitrogens with one attached hydrogen (secondary N) is 1. The summed E-state index contributed by atoms with van der Waals surface area (Å²) in [5.74, 6) is 0.608. The molecule has 0 atom stereocenters. The average Bonchev–Trinajstić information content (AvgIpc) is 2.39. The van der Waals surface area contributed by atoms with Crippen molar-refractivity contribution in [1.82, 2.24) is 10.2 Å². The molecule has 0 aliphatic carbocycles. The van der Waals surface area contributed by atoms with Crippen molar-refractivity contribution in [1.29, 1.82) is 0 Å². The zero-order valence-electron chi connectivity index (χ0n) is 11.1. The largest absolute Gasteiger partial charge is 0.456 e. The van der Waals surface area contributed by atoms with Crippen molar-refractivity contribution in [3.8, 4) is 0 Å². The molecule has 100 valence electrons. The van der Waals surface area contributed by atoms with Crippen LogP contribution in [0.25, 0.3) is 0 Å². The number of likely N-dealkylation sites (tertiary alicyclic amines) is 1. The Balaban J connectivity index is 3.16. The Morgan fingerprint density at radius 3 is 2.50 bits per heavy atom. The molecule has 0 radical (unpaired) electrons. The van der Waals surface area contributed by atoms with E-state index in [9.17, 15) is 4.79 Å². The van der Waals surface area contributed by atoms with E-state index in [0.717, 1.165) is 31.5 Å². The molecule has 0 amide bonds. The maximum atomic E-state index is 10.8. The summed E-state index contributed by atoms with van der Waals surface area (Å²) in [6.07, 6.45) is 3.14.